The van der Waals surface area contributed by atoms with E-state index in [0.29, 0.717) is 0 Å². The molecule has 4 heteroatoms. The van der Waals surface area contributed by atoms with Crippen molar-refractivity contribution in [2.24, 2.45) is 10.4 Å². The zero-order chi connectivity index (χ0) is 25.3. The fraction of sp³-hybridized carbons (Fsp3) is 0.281. The van der Waals surface area contributed by atoms with Gasteiger partial charge in [0.25, 0.3) is 0 Å². The number of nitrogens with zero attached hydrogens (tertiary/aromatic N) is 2. The minimum Gasteiger partial charge on any atom is -0.336 e. The summed E-state index contributed by atoms with van der Waals surface area (Å²) in [7, 11) is -1.03. The van der Waals surface area contributed by atoms with Crippen molar-refractivity contribution < 1.29 is 4.52 Å². The summed E-state index contributed by atoms with van der Waals surface area (Å²) in [4.78, 5) is 7.77. The van der Waals surface area contributed by atoms with Crippen LogP contribution in [0.4, 0.5) is 5.69 Å². The second kappa shape index (κ2) is 9.81. The molecule has 3 nitrogen and oxygen atoms in total. The Hall–Kier alpha value is -3.00. The van der Waals surface area contributed by atoms with Crippen LogP contribution in [0.2, 0.25) is 0 Å². The van der Waals surface area contributed by atoms with Crippen molar-refractivity contribution in [2.75, 3.05) is 11.4 Å². The lowest BCUT2D eigenvalue weighted by Gasteiger charge is -2.36. The summed E-state index contributed by atoms with van der Waals surface area (Å²) in [5, 5.41) is 4.89. The Bertz CT molecular complexity index is 1310. The number of hydrogen-bond acceptors (Lipinski definition) is 3. The Morgan fingerprint density at radius 2 is 1.28 bits per heavy atom. The van der Waals surface area contributed by atoms with Gasteiger partial charge in [-0.25, -0.2) is 0 Å². The predicted molar refractivity (Wildman–Crippen MR) is 156 cm³/mol. The minimum absolute atomic E-state index is 0.0459. The monoisotopic (exact) mass is 494 g/mol. The summed E-state index contributed by atoms with van der Waals surface area (Å²) < 4.78 is 7.11. The van der Waals surface area contributed by atoms with Gasteiger partial charge in [-0.05, 0) is 30.7 Å². The molecular weight excluding hydrogens is 459 g/mol. The van der Waals surface area contributed by atoms with Gasteiger partial charge >= 0.3 is 0 Å². The number of anilines is 1. The third-order valence-electron chi connectivity index (χ3n) is 6.79. The van der Waals surface area contributed by atoms with Gasteiger partial charge in [-0.15, -0.1) is 0 Å². The van der Waals surface area contributed by atoms with Crippen LogP contribution in [0.1, 0.15) is 34.6 Å². The van der Waals surface area contributed by atoms with Gasteiger partial charge in [-0.2, -0.15) is 0 Å². The summed E-state index contributed by atoms with van der Waals surface area (Å²) in [6.07, 6.45) is 0. The molecule has 4 aromatic rings. The average molecular weight is 495 g/mol. The average Bonchev–Trinajstić information content (AvgIpc) is 3.35. The predicted octanol–water partition coefficient (Wildman–Crippen LogP) is 7.32. The SMILES string of the molecule is CC(C)(OP(c1ccccc1)c1ccccc1)C1=N[C@@H](C(C)(C)C)CN1c1cccc2ccccc12. The van der Waals surface area contributed by atoms with Crippen molar-refractivity contribution >= 4 is 41.1 Å². The van der Waals surface area contributed by atoms with Crippen LogP contribution in [0.25, 0.3) is 10.8 Å². The maximum absolute atomic E-state index is 7.11. The molecule has 0 N–H and O–H groups in total. The second-order valence-corrected chi connectivity index (χ2v) is 12.8. The van der Waals surface area contributed by atoms with Crippen LogP contribution in [0.5, 0.6) is 0 Å². The molecule has 1 aliphatic rings. The van der Waals surface area contributed by atoms with Crippen LogP contribution in [-0.4, -0.2) is 24.0 Å². The largest absolute Gasteiger partial charge is 0.336 e. The number of fused-ring (bicyclic) bond motifs is 1. The van der Waals surface area contributed by atoms with Crippen LogP contribution < -0.4 is 15.5 Å². The highest BCUT2D eigenvalue weighted by atomic mass is 31.1. The van der Waals surface area contributed by atoms with Crippen LogP contribution in [0.15, 0.2) is 108 Å². The van der Waals surface area contributed by atoms with Crippen LogP contribution in [0.3, 0.4) is 0 Å². The van der Waals surface area contributed by atoms with Gasteiger partial charge in [0.05, 0.1) is 19.9 Å². The van der Waals surface area contributed by atoms with Crippen LogP contribution in [0, 0.1) is 5.41 Å². The van der Waals surface area contributed by atoms with E-state index in [0.717, 1.165) is 12.4 Å². The lowest BCUT2D eigenvalue weighted by Crippen LogP contribution is -2.45. The van der Waals surface area contributed by atoms with E-state index < -0.39 is 13.7 Å². The van der Waals surface area contributed by atoms with Crippen LogP contribution in [-0.2, 0) is 4.52 Å². The number of amidine groups is 1. The highest BCUT2D eigenvalue weighted by Crippen LogP contribution is 2.43. The van der Waals surface area contributed by atoms with Crippen molar-refractivity contribution in [3.63, 3.8) is 0 Å². The molecule has 36 heavy (non-hydrogen) atoms. The Labute approximate surface area is 216 Å². The molecule has 0 fully saturated rings. The van der Waals surface area contributed by atoms with Gasteiger partial charge in [-0.3, -0.25) is 4.99 Å². The molecule has 0 radical (unpaired) electrons. The van der Waals surface area contributed by atoms with Gasteiger partial charge in [0.2, 0.25) is 0 Å². The molecule has 0 amide bonds. The number of rotatable bonds is 6. The van der Waals surface area contributed by atoms with Gasteiger partial charge in [0.1, 0.15) is 11.4 Å². The smallest absolute Gasteiger partial charge is 0.136 e. The maximum Gasteiger partial charge on any atom is 0.136 e. The third kappa shape index (κ3) is 4.96. The van der Waals surface area contributed by atoms with E-state index in [1.165, 1.54) is 27.1 Å². The minimum atomic E-state index is -1.03. The highest BCUT2D eigenvalue weighted by molar-refractivity contribution is 7.68. The Morgan fingerprint density at radius 1 is 0.722 bits per heavy atom. The first-order chi connectivity index (χ1) is 17.2. The van der Waals surface area contributed by atoms with E-state index >= 15 is 0 Å². The molecule has 184 valence electrons. The first-order valence-corrected chi connectivity index (χ1v) is 13.9. The van der Waals surface area contributed by atoms with Crippen molar-refractivity contribution in [1.82, 2.24) is 0 Å². The van der Waals surface area contributed by atoms with Crippen LogP contribution >= 0.6 is 8.15 Å². The number of hydrogen-bond donors (Lipinski definition) is 0. The zero-order valence-electron chi connectivity index (χ0n) is 21.8. The lowest BCUT2D eigenvalue weighted by molar-refractivity contribution is 0.210. The molecule has 0 saturated carbocycles. The fourth-order valence-electron chi connectivity index (χ4n) is 4.77. The van der Waals surface area contributed by atoms with E-state index in [9.17, 15) is 0 Å². The molecule has 1 heterocycles. The number of aliphatic imine (C=N–C) groups is 1. The standard InChI is InChI=1S/C32H35N2OP/c1-31(2,3)29-23-34(28-22-14-16-24-15-12-13-21-27(24)28)30(33-29)32(4,5)35-36(25-17-8-6-9-18-25)26-19-10-7-11-20-26/h6-22,29H,23H2,1-5H3/t29-/m1/s1. The summed E-state index contributed by atoms with van der Waals surface area (Å²) in [6.45, 7) is 12.0. The molecule has 0 saturated heterocycles. The quantitative estimate of drug-likeness (QED) is 0.263. The summed E-state index contributed by atoms with van der Waals surface area (Å²) in [6, 6.07) is 36.5. The molecule has 0 unspecified atom stereocenters. The topological polar surface area (TPSA) is 24.8 Å². The Morgan fingerprint density at radius 3 is 1.89 bits per heavy atom. The van der Waals surface area contributed by atoms with Crippen molar-refractivity contribution in [2.45, 2.75) is 46.3 Å². The molecule has 4 aromatic carbocycles. The van der Waals surface area contributed by atoms with E-state index in [4.69, 9.17) is 9.52 Å². The van der Waals surface area contributed by atoms with E-state index in [-0.39, 0.29) is 11.5 Å². The first kappa shape index (κ1) is 24.7. The zero-order valence-corrected chi connectivity index (χ0v) is 22.7. The van der Waals surface area contributed by atoms with Crippen molar-refractivity contribution in [1.29, 1.82) is 0 Å². The Balaban J connectivity index is 1.59. The Kier molecular flexibility index (Phi) is 6.72. The van der Waals surface area contributed by atoms with Gasteiger partial charge in [-0.1, -0.05) is 118 Å². The molecule has 0 aliphatic carbocycles. The summed E-state index contributed by atoms with van der Waals surface area (Å²) in [5.74, 6) is 0.998. The fourth-order valence-corrected chi connectivity index (χ4v) is 6.70. The molecule has 0 spiro atoms. The molecule has 1 atom stereocenters. The molecule has 0 bridgehead atoms. The van der Waals surface area contributed by atoms with Gasteiger partial charge in [0.15, 0.2) is 0 Å². The lowest BCUT2D eigenvalue weighted by atomic mass is 9.87. The first-order valence-electron chi connectivity index (χ1n) is 12.7. The highest BCUT2D eigenvalue weighted by Gasteiger charge is 2.43. The van der Waals surface area contributed by atoms with Crippen molar-refractivity contribution in [3.05, 3.63) is 103 Å². The summed E-state index contributed by atoms with van der Waals surface area (Å²) in [5.41, 5.74) is 0.637. The molecule has 0 aromatic heterocycles. The van der Waals surface area contributed by atoms with E-state index in [2.05, 4.69) is 143 Å². The van der Waals surface area contributed by atoms with Gasteiger partial charge in [0, 0.05) is 22.5 Å². The maximum atomic E-state index is 7.11. The van der Waals surface area contributed by atoms with Gasteiger partial charge < -0.3 is 9.42 Å². The van der Waals surface area contributed by atoms with E-state index in [1.54, 1.807) is 0 Å². The molecular formula is C32H35N2OP. The number of benzene rings is 4. The summed E-state index contributed by atoms with van der Waals surface area (Å²) >= 11 is 0. The normalized spacial score (nSPS) is 16.6. The second-order valence-electron chi connectivity index (χ2n) is 11.0. The van der Waals surface area contributed by atoms with Crippen molar-refractivity contribution in [3.8, 4) is 0 Å². The molecule has 5 rings (SSSR count). The van der Waals surface area contributed by atoms with E-state index in [1.807, 2.05) is 0 Å². The third-order valence-corrected chi connectivity index (χ3v) is 8.96. The molecule has 1 aliphatic heterocycles.